The van der Waals surface area contributed by atoms with Crippen LogP contribution in [0, 0.1) is 12.1 Å². The fourth-order valence-corrected chi connectivity index (χ4v) is 7.74. The van der Waals surface area contributed by atoms with E-state index in [9.17, 15) is 41.7 Å². The molecule has 369 valence electrons. The van der Waals surface area contributed by atoms with Crippen LogP contribution in [0.5, 0.6) is 0 Å². The Labute approximate surface area is 423 Å². The zero-order chi connectivity index (χ0) is 49.7. The number of Topliss-reactive ketones (excluding diaryl/α,β-unsaturated/α-hetero) is 1. The van der Waals surface area contributed by atoms with Gasteiger partial charge in [0.2, 0.25) is 11.8 Å². The molecule has 0 spiro atoms. The second-order valence-corrected chi connectivity index (χ2v) is 17.2. The molecule has 5 heterocycles. The Kier molecular flexibility index (Phi) is 21.2. The molecule has 1 unspecified atom stereocenters. The van der Waals surface area contributed by atoms with Crippen molar-refractivity contribution in [1.82, 2.24) is 35.6 Å². The van der Waals surface area contributed by atoms with Crippen molar-refractivity contribution in [3.63, 3.8) is 0 Å². The van der Waals surface area contributed by atoms with Crippen molar-refractivity contribution in [2.45, 2.75) is 63.8 Å². The van der Waals surface area contributed by atoms with Crippen LogP contribution in [-0.2, 0) is 70.2 Å². The molecule has 4 amide bonds. The summed E-state index contributed by atoms with van der Waals surface area (Å²) in [6, 6.07) is 41.2. The van der Waals surface area contributed by atoms with Crippen LogP contribution in [0.3, 0.4) is 0 Å². The Morgan fingerprint density at radius 2 is 1.28 bits per heavy atom. The third kappa shape index (κ3) is 17.5. The van der Waals surface area contributed by atoms with Crippen LogP contribution in [0.2, 0.25) is 0 Å². The predicted octanol–water partition coefficient (Wildman–Crippen LogP) is 6.43. The number of aromatic nitrogens is 4. The van der Waals surface area contributed by atoms with Crippen molar-refractivity contribution < 1.29 is 66.7 Å². The topological polar surface area (TPSA) is 245 Å². The first-order valence-corrected chi connectivity index (χ1v) is 23.9. The number of hydroxylamine groups is 2. The van der Waals surface area contributed by atoms with Crippen LogP contribution in [0.15, 0.2) is 140 Å². The van der Waals surface area contributed by atoms with Crippen LogP contribution in [0.25, 0.3) is 44.3 Å². The van der Waals surface area contributed by atoms with Gasteiger partial charge in [-0.2, -0.15) is 8.42 Å². The summed E-state index contributed by atoms with van der Waals surface area (Å²) in [6.07, 6.45) is 7.27. The van der Waals surface area contributed by atoms with Gasteiger partial charge in [-0.3, -0.25) is 38.5 Å². The van der Waals surface area contributed by atoms with Gasteiger partial charge in [0.05, 0.1) is 11.0 Å². The van der Waals surface area contributed by atoms with Gasteiger partial charge in [-0.1, -0.05) is 36.4 Å². The van der Waals surface area contributed by atoms with Crippen LogP contribution >= 0.6 is 0 Å². The zero-order valence-corrected chi connectivity index (χ0v) is 41.4. The van der Waals surface area contributed by atoms with Gasteiger partial charge in [-0.05, 0) is 66.5 Å². The summed E-state index contributed by atoms with van der Waals surface area (Å²) in [5.41, 5.74) is 6.20. The quantitative estimate of drug-likeness (QED) is 0.0276. The molecule has 3 aromatic carbocycles. The molecule has 1 atom stereocenters. The molecule has 19 heteroatoms. The number of amides is 4. The number of ketones is 1. The van der Waals surface area contributed by atoms with Crippen molar-refractivity contribution in [2.75, 3.05) is 12.3 Å². The average molecular weight is 1160 g/mol. The molecule has 1 radical (unpaired) electrons. The number of nitrogens with one attached hydrogen (secondary N) is 2. The van der Waals surface area contributed by atoms with Gasteiger partial charge in [-0.15, -0.1) is 76.9 Å². The van der Waals surface area contributed by atoms with Crippen molar-refractivity contribution in [2.24, 2.45) is 0 Å². The van der Waals surface area contributed by atoms with Crippen molar-refractivity contribution >= 4 is 67.3 Å². The molecule has 0 aliphatic carbocycles. The minimum Gasteiger partial charge on any atom is -0.354 e. The molecule has 1 fully saturated rings. The molecule has 1 aliphatic heterocycles. The SMILES string of the molecule is O=C(CCCC(=O)NC(CS(=O)(=O)O)C(=O)NCCCCC(=O)ON1C(=O)CCC1=O)Cc1cc2cccnc2c2ncccc12.[Ir].[c-]1ccccc1-c1ccccn1.[c-]1ccccc1-c1ccccn1. The van der Waals surface area contributed by atoms with E-state index in [1.165, 1.54) is 0 Å². The molecule has 0 bridgehead atoms. The standard InChI is InChI=1S/C30H33N5O10S.2C11H8N.Ir/c36-21(17-20-16-19-6-4-14-31-28(19)29-22(20)8-5-15-32-29)7-3-9-24(37)34-23(18-46(42,43)44)30(41)33-13-2-1-10-27(40)45-35-25(38)11-12-26(35)39;2*1-2-6-10(7-3-1)11-8-4-5-9-12-11;/h4-6,8,14-16,23H,1-3,7,9-13,17-18H2,(H,33,41)(H,34,37)(H,42,43,44);2*1-6,8-9H;/q;2*-1;. The number of benzene rings is 3. The van der Waals surface area contributed by atoms with Crippen LogP contribution < -0.4 is 10.6 Å². The maximum Gasteiger partial charge on any atom is 0.333 e. The largest absolute Gasteiger partial charge is 0.354 e. The summed E-state index contributed by atoms with van der Waals surface area (Å²) >= 11 is 0. The summed E-state index contributed by atoms with van der Waals surface area (Å²) in [5.74, 6) is -4.75. The third-order valence-electron chi connectivity index (χ3n) is 10.4. The molecule has 71 heavy (non-hydrogen) atoms. The molecular formula is C52H49IrN7O10S-2. The zero-order valence-electron chi connectivity index (χ0n) is 38.2. The third-order valence-corrected chi connectivity index (χ3v) is 11.2. The smallest absolute Gasteiger partial charge is 0.333 e. The molecule has 3 N–H and O–H groups in total. The van der Waals surface area contributed by atoms with E-state index >= 15 is 0 Å². The average Bonchev–Trinajstić information content (AvgIpc) is 3.69. The van der Waals surface area contributed by atoms with E-state index in [0.29, 0.717) is 10.6 Å². The summed E-state index contributed by atoms with van der Waals surface area (Å²) in [4.78, 5) is 94.9. The van der Waals surface area contributed by atoms with E-state index in [4.69, 9.17) is 4.84 Å². The van der Waals surface area contributed by atoms with Gasteiger partial charge in [0.15, 0.2) is 0 Å². The van der Waals surface area contributed by atoms with Gasteiger partial charge in [-0.25, -0.2) is 4.79 Å². The molecule has 1 aliphatic rings. The fourth-order valence-electron chi connectivity index (χ4n) is 7.09. The summed E-state index contributed by atoms with van der Waals surface area (Å²) in [5, 5.41) is 6.80. The predicted molar refractivity (Wildman–Crippen MR) is 259 cm³/mol. The number of hydrogen-bond acceptors (Lipinski definition) is 13. The first-order valence-electron chi connectivity index (χ1n) is 22.3. The first kappa shape index (κ1) is 54.5. The molecule has 17 nitrogen and oxygen atoms in total. The Morgan fingerprint density at radius 3 is 1.86 bits per heavy atom. The molecule has 8 rings (SSSR count). The molecule has 1 saturated heterocycles. The number of rotatable bonds is 18. The van der Waals surface area contributed by atoms with Gasteiger partial charge < -0.3 is 25.4 Å². The molecular weight excluding hydrogens is 1110 g/mol. The maximum absolute atomic E-state index is 12.8. The maximum atomic E-state index is 12.8. The minimum absolute atomic E-state index is 0. The van der Waals surface area contributed by atoms with E-state index in [-0.39, 0.29) is 90.2 Å². The molecule has 0 saturated carbocycles. The Hall–Kier alpha value is -7.44. The number of nitrogens with zero attached hydrogens (tertiary/aromatic N) is 5. The second-order valence-electron chi connectivity index (χ2n) is 15.7. The number of fused-ring (bicyclic) bond motifs is 3. The number of pyridine rings is 4. The van der Waals surface area contributed by atoms with Crippen LogP contribution in [0.4, 0.5) is 0 Å². The second kappa shape index (κ2) is 27.7. The minimum atomic E-state index is -4.64. The van der Waals surface area contributed by atoms with E-state index in [2.05, 4.69) is 42.7 Å². The van der Waals surface area contributed by atoms with Crippen molar-refractivity contribution in [3.05, 3.63) is 158 Å². The van der Waals surface area contributed by atoms with E-state index in [1.807, 2.05) is 103 Å². The van der Waals surface area contributed by atoms with Gasteiger partial charge in [0, 0.05) is 101 Å². The number of hydrogen-bond donors (Lipinski definition) is 3. The van der Waals surface area contributed by atoms with Gasteiger partial charge in [0.25, 0.3) is 21.9 Å². The summed E-state index contributed by atoms with van der Waals surface area (Å²) in [6.45, 7) is -0.00489. The summed E-state index contributed by atoms with van der Waals surface area (Å²) < 4.78 is 32.3. The normalized spacial score (nSPS) is 12.3. The number of unbranched alkanes of at least 4 members (excludes halogenated alkanes) is 1. The number of carbonyl (C=O) groups excluding carboxylic acids is 6. The van der Waals surface area contributed by atoms with E-state index in [1.54, 1.807) is 36.9 Å². The van der Waals surface area contributed by atoms with E-state index < -0.39 is 51.5 Å². The molecule has 4 aromatic heterocycles. The van der Waals surface area contributed by atoms with Crippen molar-refractivity contribution in [3.8, 4) is 22.5 Å². The Bertz CT molecular complexity index is 2850. The summed E-state index contributed by atoms with van der Waals surface area (Å²) in [7, 11) is -4.64. The monoisotopic (exact) mass is 1160 g/mol. The van der Waals surface area contributed by atoms with Gasteiger partial charge in [0.1, 0.15) is 17.6 Å². The fraction of sp³-hybridized carbons (Fsp3) is 0.231. The first-order chi connectivity index (χ1) is 33.8. The Morgan fingerprint density at radius 1 is 0.690 bits per heavy atom. The van der Waals surface area contributed by atoms with E-state index in [0.717, 1.165) is 44.4 Å². The van der Waals surface area contributed by atoms with Crippen LogP contribution in [-0.4, -0.2) is 91.7 Å². The Balaban J connectivity index is 0.000000300. The van der Waals surface area contributed by atoms with Crippen LogP contribution in [0.1, 0.15) is 56.9 Å². The van der Waals surface area contributed by atoms with Crippen molar-refractivity contribution in [1.29, 1.82) is 0 Å². The number of imide groups is 1. The van der Waals surface area contributed by atoms with Gasteiger partial charge >= 0.3 is 5.97 Å². The molecule has 7 aromatic rings. The number of carbonyl (C=O) groups is 6.